The molecule has 0 aliphatic heterocycles. The molecule has 2 unspecified atom stereocenters. The van der Waals surface area contributed by atoms with Gasteiger partial charge in [0.15, 0.2) is 11.5 Å². The van der Waals surface area contributed by atoms with Crippen molar-refractivity contribution in [1.29, 1.82) is 0 Å². The Balaban J connectivity index is 2.05. The van der Waals surface area contributed by atoms with Crippen LogP contribution in [0.5, 0.6) is 17.2 Å². The van der Waals surface area contributed by atoms with Crippen LogP contribution in [0.3, 0.4) is 0 Å². The summed E-state index contributed by atoms with van der Waals surface area (Å²) in [6.07, 6.45) is 6.56. The fraction of sp³-hybridized carbons (Fsp3) is 0.647. The first-order valence-electron chi connectivity index (χ1n) is 7.83. The molecule has 1 saturated carbocycles. The van der Waals surface area contributed by atoms with Crippen LogP contribution in [-0.2, 0) is 6.54 Å². The van der Waals surface area contributed by atoms with Crippen molar-refractivity contribution in [1.82, 2.24) is 5.32 Å². The lowest BCUT2D eigenvalue weighted by Crippen LogP contribution is -2.33. The van der Waals surface area contributed by atoms with Crippen LogP contribution in [0.25, 0.3) is 0 Å². The molecule has 1 fully saturated rings. The van der Waals surface area contributed by atoms with Crippen molar-refractivity contribution < 1.29 is 14.6 Å². The molecule has 1 aliphatic carbocycles. The zero-order chi connectivity index (χ0) is 15.2. The topological polar surface area (TPSA) is 50.7 Å². The van der Waals surface area contributed by atoms with Gasteiger partial charge in [0, 0.05) is 12.6 Å². The number of methoxy groups -OCH3 is 2. The Bertz CT molecular complexity index is 436. The van der Waals surface area contributed by atoms with Gasteiger partial charge in [-0.05, 0) is 36.5 Å². The van der Waals surface area contributed by atoms with Crippen molar-refractivity contribution in [3.63, 3.8) is 0 Å². The highest BCUT2D eigenvalue weighted by atomic mass is 16.5. The largest absolute Gasteiger partial charge is 0.502 e. The second-order valence-corrected chi connectivity index (χ2v) is 5.95. The monoisotopic (exact) mass is 293 g/mol. The number of rotatable bonds is 5. The molecule has 0 radical (unpaired) electrons. The second-order valence-electron chi connectivity index (χ2n) is 5.95. The van der Waals surface area contributed by atoms with Gasteiger partial charge in [0.2, 0.25) is 5.75 Å². The SMILES string of the molecule is COc1cc(CNC2CCCCCC2C)cc(OC)c1O. The minimum Gasteiger partial charge on any atom is -0.502 e. The summed E-state index contributed by atoms with van der Waals surface area (Å²) in [7, 11) is 3.11. The van der Waals surface area contributed by atoms with E-state index < -0.39 is 0 Å². The Hall–Kier alpha value is -1.42. The lowest BCUT2D eigenvalue weighted by atomic mass is 9.97. The number of hydrogen-bond acceptors (Lipinski definition) is 4. The molecular weight excluding hydrogens is 266 g/mol. The number of ether oxygens (including phenoxy) is 2. The Morgan fingerprint density at radius 1 is 1.10 bits per heavy atom. The minimum absolute atomic E-state index is 0.0617. The van der Waals surface area contributed by atoms with Crippen molar-refractivity contribution in [3.05, 3.63) is 17.7 Å². The minimum atomic E-state index is 0.0617. The van der Waals surface area contributed by atoms with Gasteiger partial charge in [-0.25, -0.2) is 0 Å². The predicted octanol–water partition coefficient (Wildman–Crippen LogP) is 3.47. The van der Waals surface area contributed by atoms with Crippen LogP contribution in [0.15, 0.2) is 12.1 Å². The van der Waals surface area contributed by atoms with Gasteiger partial charge in [0.05, 0.1) is 14.2 Å². The van der Waals surface area contributed by atoms with Gasteiger partial charge >= 0.3 is 0 Å². The maximum absolute atomic E-state index is 9.94. The number of phenols is 1. The van der Waals surface area contributed by atoms with Crippen LogP contribution in [0, 0.1) is 5.92 Å². The summed E-state index contributed by atoms with van der Waals surface area (Å²) in [6.45, 7) is 3.10. The van der Waals surface area contributed by atoms with E-state index >= 15 is 0 Å². The Kier molecular flexibility index (Phi) is 5.74. The summed E-state index contributed by atoms with van der Waals surface area (Å²) in [5.74, 6) is 1.69. The van der Waals surface area contributed by atoms with Gasteiger partial charge in [0.1, 0.15) is 0 Å². The average molecular weight is 293 g/mol. The van der Waals surface area contributed by atoms with Crippen molar-refractivity contribution in [2.45, 2.75) is 51.6 Å². The molecule has 2 N–H and O–H groups in total. The van der Waals surface area contributed by atoms with Crippen LogP contribution in [0.4, 0.5) is 0 Å². The van der Waals surface area contributed by atoms with E-state index in [2.05, 4.69) is 12.2 Å². The summed E-state index contributed by atoms with van der Waals surface area (Å²) in [6, 6.07) is 4.30. The molecule has 21 heavy (non-hydrogen) atoms. The zero-order valence-electron chi connectivity index (χ0n) is 13.3. The Morgan fingerprint density at radius 3 is 2.33 bits per heavy atom. The smallest absolute Gasteiger partial charge is 0.200 e. The third-order valence-corrected chi connectivity index (χ3v) is 4.47. The van der Waals surface area contributed by atoms with Crippen molar-refractivity contribution in [2.24, 2.45) is 5.92 Å². The molecule has 0 bridgehead atoms. The highest BCUT2D eigenvalue weighted by Gasteiger charge is 2.19. The van der Waals surface area contributed by atoms with Crippen molar-refractivity contribution in [3.8, 4) is 17.2 Å². The van der Waals surface area contributed by atoms with Crippen LogP contribution in [-0.4, -0.2) is 25.4 Å². The molecule has 2 atom stereocenters. The molecule has 4 heteroatoms. The van der Waals surface area contributed by atoms with Gasteiger partial charge in [-0.3, -0.25) is 0 Å². The number of nitrogens with one attached hydrogen (secondary N) is 1. The molecule has 0 spiro atoms. The lowest BCUT2D eigenvalue weighted by molar-refractivity contribution is 0.336. The first-order chi connectivity index (χ1) is 10.2. The van der Waals surface area contributed by atoms with Crippen molar-refractivity contribution in [2.75, 3.05) is 14.2 Å². The molecule has 0 amide bonds. The average Bonchev–Trinajstić information content (AvgIpc) is 2.70. The van der Waals surface area contributed by atoms with E-state index in [0.29, 0.717) is 23.5 Å². The number of hydrogen-bond donors (Lipinski definition) is 2. The van der Waals surface area contributed by atoms with Crippen LogP contribution in [0.1, 0.15) is 44.6 Å². The van der Waals surface area contributed by atoms with Gasteiger partial charge in [-0.1, -0.05) is 26.2 Å². The van der Waals surface area contributed by atoms with E-state index in [4.69, 9.17) is 9.47 Å². The molecule has 0 aromatic heterocycles. The molecular formula is C17H27NO3. The molecule has 1 aromatic rings. The Morgan fingerprint density at radius 2 is 1.71 bits per heavy atom. The standard InChI is InChI=1S/C17H27NO3/c1-12-7-5-4-6-8-14(12)18-11-13-9-15(20-2)17(19)16(10-13)21-3/h9-10,12,14,18-19H,4-8,11H2,1-3H3. The third kappa shape index (κ3) is 4.03. The highest BCUT2D eigenvalue weighted by molar-refractivity contribution is 5.52. The maximum Gasteiger partial charge on any atom is 0.200 e. The summed E-state index contributed by atoms with van der Waals surface area (Å²) < 4.78 is 10.4. The first-order valence-corrected chi connectivity index (χ1v) is 7.83. The van der Waals surface area contributed by atoms with E-state index in [1.165, 1.54) is 32.1 Å². The van der Waals surface area contributed by atoms with E-state index in [9.17, 15) is 5.11 Å². The zero-order valence-corrected chi connectivity index (χ0v) is 13.3. The fourth-order valence-corrected chi connectivity index (χ4v) is 3.10. The predicted molar refractivity (Wildman–Crippen MR) is 84.1 cm³/mol. The summed E-state index contributed by atoms with van der Waals surface area (Å²) in [4.78, 5) is 0. The fourth-order valence-electron chi connectivity index (χ4n) is 3.10. The van der Waals surface area contributed by atoms with E-state index in [1.54, 1.807) is 14.2 Å². The number of benzene rings is 1. The molecule has 2 rings (SSSR count). The van der Waals surface area contributed by atoms with Gasteiger partial charge in [0.25, 0.3) is 0 Å². The van der Waals surface area contributed by atoms with Crippen LogP contribution >= 0.6 is 0 Å². The molecule has 0 heterocycles. The summed E-state index contributed by atoms with van der Waals surface area (Å²) in [5.41, 5.74) is 1.07. The summed E-state index contributed by atoms with van der Waals surface area (Å²) in [5, 5.41) is 13.6. The first kappa shape index (κ1) is 16.0. The maximum atomic E-state index is 9.94. The quantitative estimate of drug-likeness (QED) is 0.816. The molecule has 4 nitrogen and oxygen atoms in total. The molecule has 1 aliphatic rings. The molecule has 118 valence electrons. The molecule has 1 aromatic carbocycles. The van der Waals surface area contributed by atoms with Crippen LogP contribution < -0.4 is 14.8 Å². The normalized spacial score (nSPS) is 22.6. The van der Waals surface area contributed by atoms with Crippen molar-refractivity contribution >= 4 is 0 Å². The summed E-state index contributed by atoms with van der Waals surface area (Å²) >= 11 is 0. The lowest BCUT2D eigenvalue weighted by Gasteiger charge is -2.23. The van der Waals surface area contributed by atoms with Gasteiger partial charge in [-0.2, -0.15) is 0 Å². The van der Waals surface area contributed by atoms with E-state index in [1.807, 2.05) is 12.1 Å². The van der Waals surface area contributed by atoms with Gasteiger partial charge in [-0.15, -0.1) is 0 Å². The van der Waals surface area contributed by atoms with Crippen LogP contribution in [0.2, 0.25) is 0 Å². The third-order valence-electron chi connectivity index (χ3n) is 4.47. The Labute approximate surface area is 127 Å². The van der Waals surface area contributed by atoms with E-state index in [-0.39, 0.29) is 5.75 Å². The molecule has 0 saturated heterocycles. The van der Waals surface area contributed by atoms with E-state index in [0.717, 1.165) is 12.1 Å². The second kappa shape index (κ2) is 7.55. The highest BCUT2D eigenvalue weighted by Crippen LogP contribution is 2.37. The number of aromatic hydroxyl groups is 1. The van der Waals surface area contributed by atoms with Gasteiger partial charge < -0.3 is 19.9 Å². The number of phenolic OH excluding ortho intramolecular Hbond substituents is 1.